The van der Waals surface area contributed by atoms with Crippen LogP contribution in [0.15, 0.2) is 41.8 Å². The van der Waals surface area contributed by atoms with Crippen LogP contribution in [0.2, 0.25) is 0 Å². The minimum atomic E-state index is 0.361. The van der Waals surface area contributed by atoms with Crippen LogP contribution in [0.25, 0.3) is 11.0 Å². The lowest BCUT2D eigenvalue weighted by atomic mass is 10.3. The summed E-state index contributed by atoms with van der Waals surface area (Å²) in [7, 11) is 2.07. The molecule has 0 radical (unpaired) electrons. The Kier molecular flexibility index (Phi) is 3.36. The second-order valence-electron chi connectivity index (χ2n) is 4.69. The van der Waals surface area contributed by atoms with Crippen LogP contribution in [0.4, 0.5) is 0 Å². The molecule has 0 spiro atoms. The normalized spacial score (nSPS) is 12.9. The quantitative estimate of drug-likeness (QED) is 0.787. The molecular formula is C15H17N3S. The molecule has 0 saturated heterocycles. The number of nitrogens with zero attached hydrogens (tertiary/aromatic N) is 2. The zero-order valence-electron chi connectivity index (χ0n) is 11.1. The third kappa shape index (κ3) is 2.41. The molecule has 0 aliphatic rings. The van der Waals surface area contributed by atoms with E-state index < -0.39 is 0 Å². The minimum absolute atomic E-state index is 0.361. The predicted octanol–water partition coefficient (Wildman–Crippen LogP) is 3.49. The van der Waals surface area contributed by atoms with Crippen molar-refractivity contribution in [2.24, 2.45) is 7.05 Å². The molecule has 1 aromatic carbocycles. The number of thiophene rings is 1. The van der Waals surface area contributed by atoms with Gasteiger partial charge in [-0.25, -0.2) is 4.98 Å². The van der Waals surface area contributed by atoms with Gasteiger partial charge in [0.25, 0.3) is 0 Å². The Morgan fingerprint density at radius 1 is 1.26 bits per heavy atom. The first kappa shape index (κ1) is 12.4. The summed E-state index contributed by atoms with van der Waals surface area (Å²) in [4.78, 5) is 6.03. The van der Waals surface area contributed by atoms with Crippen molar-refractivity contribution in [1.82, 2.24) is 14.9 Å². The fourth-order valence-electron chi connectivity index (χ4n) is 2.24. The Morgan fingerprint density at radius 2 is 2.11 bits per heavy atom. The fourth-order valence-corrected chi connectivity index (χ4v) is 3.00. The number of rotatable bonds is 4. The van der Waals surface area contributed by atoms with Crippen molar-refractivity contribution in [3.63, 3.8) is 0 Å². The van der Waals surface area contributed by atoms with Crippen LogP contribution in [0.1, 0.15) is 23.7 Å². The summed E-state index contributed by atoms with van der Waals surface area (Å²) in [6.07, 6.45) is 0. The van der Waals surface area contributed by atoms with Gasteiger partial charge in [-0.05, 0) is 30.5 Å². The number of benzene rings is 1. The van der Waals surface area contributed by atoms with Gasteiger partial charge in [0.1, 0.15) is 5.82 Å². The number of aromatic nitrogens is 2. The molecule has 0 fully saturated rings. The first-order valence-electron chi connectivity index (χ1n) is 6.43. The van der Waals surface area contributed by atoms with E-state index in [1.165, 1.54) is 10.4 Å². The summed E-state index contributed by atoms with van der Waals surface area (Å²) in [5.74, 6) is 1.07. The SMILES string of the molecule is C[C@@H](NCc1nc2ccccc2n1C)c1cccs1. The van der Waals surface area contributed by atoms with E-state index >= 15 is 0 Å². The van der Waals surface area contributed by atoms with Crippen molar-refractivity contribution in [3.05, 3.63) is 52.5 Å². The van der Waals surface area contributed by atoms with Crippen LogP contribution >= 0.6 is 11.3 Å². The summed E-state index contributed by atoms with van der Waals surface area (Å²) in [6, 6.07) is 12.9. The third-order valence-electron chi connectivity index (χ3n) is 3.42. The summed E-state index contributed by atoms with van der Waals surface area (Å²) in [5, 5.41) is 5.64. The number of para-hydroxylation sites is 2. The monoisotopic (exact) mass is 271 g/mol. The van der Waals surface area contributed by atoms with Gasteiger partial charge >= 0.3 is 0 Å². The number of aryl methyl sites for hydroxylation is 1. The molecule has 0 unspecified atom stereocenters. The van der Waals surface area contributed by atoms with E-state index in [4.69, 9.17) is 0 Å². The second-order valence-corrected chi connectivity index (χ2v) is 5.67. The highest BCUT2D eigenvalue weighted by Gasteiger charge is 2.10. The molecule has 98 valence electrons. The van der Waals surface area contributed by atoms with Crippen molar-refractivity contribution >= 4 is 22.4 Å². The van der Waals surface area contributed by atoms with Gasteiger partial charge < -0.3 is 9.88 Å². The molecule has 4 heteroatoms. The van der Waals surface area contributed by atoms with E-state index in [2.05, 4.69) is 64.6 Å². The Morgan fingerprint density at radius 3 is 2.84 bits per heavy atom. The summed E-state index contributed by atoms with van der Waals surface area (Å²) in [5.41, 5.74) is 2.24. The molecule has 0 amide bonds. The van der Waals surface area contributed by atoms with E-state index in [9.17, 15) is 0 Å². The lowest BCUT2D eigenvalue weighted by Crippen LogP contribution is -2.19. The topological polar surface area (TPSA) is 29.9 Å². The Hall–Kier alpha value is -1.65. The average Bonchev–Trinajstić information content (AvgIpc) is 3.05. The van der Waals surface area contributed by atoms with Crippen LogP contribution in [-0.2, 0) is 13.6 Å². The molecule has 3 nitrogen and oxygen atoms in total. The largest absolute Gasteiger partial charge is 0.330 e. The number of nitrogens with one attached hydrogen (secondary N) is 1. The van der Waals surface area contributed by atoms with Crippen LogP contribution < -0.4 is 5.32 Å². The minimum Gasteiger partial charge on any atom is -0.330 e. The molecule has 2 heterocycles. The van der Waals surface area contributed by atoms with Crippen LogP contribution in [0.5, 0.6) is 0 Å². The Labute approximate surface area is 116 Å². The maximum Gasteiger partial charge on any atom is 0.123 e. The van der Waals surface area contributed by atoms with E-state index in [-0.39, 0.29) is 0 Å². The third-order valence-corrected chi connectivity index (χ3v) is 4.47. The smallest absolute Gasteiger partial charge is 0.123 e. The van der Waals surface area contributed by atoms with E-state index in [0.717, 1.165) is 17.9 Å². The number of hydrogen-bond donors (Lipinski definition) is 1. The molecule has 2 aromatic heterocycles. The average molecular weight is 271 g/mol. The Balaban J connectivity index is 1.77. The molecule has 0 aliphatic carbocycles. The predicted molar refractivity (Wildman–Crippen MR) is 80.3 cm³/mol. The molecule has 3 aromatic rings. The summed E-state index contributed by atoms with van der Waals surface area (Å²) in [6.45, 7) is 2.97. The highest BCUT2D eigenvalue weighted by Crippen LogP contribution is 2.19. The molecule has 0 bridgehead atoms. The number of imidazole rings is 1. The molecule has 0 aliphatic heterocycles. The first-order chi connectivity index (χ1) is 9.25. The van der Waals surface area contributed by atoms with Gasteiger partial charge in [-0.15, -0.1) is 11.3 Å². The first-order valence-corrected chi connectivity index (χ1v) is 7.31. The highest BCUT2D eigenvalue weighted by atomic mass is 32.1. The molecule has 1 N–H and O–H groups in total. The van der Waals surface area contributed by atoms with Crippen molar-refractivity contribution < 1.29 is 0 Å². The van der Waals surface area contributed by atoms with E-state index in [0.29, 0.717) is 6.04 Å². The van der Waals surface area contributed by atoms with Gasteiger partial charge in [0.2, 0.25) is 0 Å². The van der Waals surface area contributed by atoms with Gasteiger partial charge in [0, 0.05) is 18.0 Å². The molecule has 19 heavy (non-hydrogen) atoms. The summed E-state index contributed by atoms with van der Waals surface area (Å²) < 4.78 is 2.16. The van der Waals surface area contributed by atoms with Crippen molar-refractivity contribution in [1.29, 1.82) is 0 Å². The van der Waals surface area contributed by atoms with Crippen LogP contribution in [-0.4, -0.2) is 9.55 Å². The summed E-state index contributed by atoms with van der Waals surface area (Å²) >= 11 is 1.79. The zero-order valence-corrected chi connectivity index (χ0v) is 11.9. The van der Waals surface area contributed by atoms with Crippen molar-refractivity contribution in [3.8, 4) is 0 Å². The fraction of sp³-hybridized carbons (Fsp3) is 0.267. The number of hydrogen-bond acceptors (Lipinski definition) is 3. The molecule has 3 rings (SSSR count). The van der Waals surface area contributed by atoms with Crippen LogP contribution in [0, 0.1) is 0 Å². The molecular weight excluding hydrogens is 254 g/mol. The lowest BCUT2D eigenvalue weighted by molar-refractivity contribution is 0.558. The molecule has 1 atom stereocenters. The van der Waals surface area contributed by atoms with Gasteiger partial charge in [-0.2, -0.15) is 0 Å². The van der Waals surface area contributed by atoms with E-state index in [1.807, 2.05) is 6.07 Å². The highest BCUT2D eigenvalue weighted by molar-refractivity contribution is 7.10. The zero-order chi connectivity index (χ0) is 13.2. The maximum absolute atomic E-state index is 4.67. The lowest BCUT2D eigenvalue weighted by Gasteiger charge is -2.11. The standard InChI is InChI=1S/C15H17N3S/c1-11(14-8-5-9-19-14)16-10-15-17-12-6-3-4-7-13(12)18(15)2/h3-9,11,16H,10H2,1-2H3/t11-/m1/s1. The Bertz CT molecular complexity index is 670. The second kappa shape index (κ2) is 5.15. The molecule has 0 saturated carbocycles. The van der Waals surface area contributed by atoms with Gasteiger partial charge in [-0.3, -0.25) is 0 Å². The van der Waals surface area contributed by atoms with Crippen molar-refractivity contribution in [2.75, 3.05) is 0 Å². The number of fused-ring (bicyclic) bond motifs is 1. The van der Waals surface area contributed by atoms with Gasteiger partial charge in [0.15, 0.2) is 0 Å². The van der Waals surface area contributed by atoms with E-state index in [1.54, 1.807) is 11.3 Å². The maximum atomic E-state index is 4.67. The van der Waals surface area contributed by atoms with Gasteiger partial charge in [0.05, 0.1) is 17.6 Å². The van der Waals surface area contributed by atoms with Crippen molar-refractivity contribution in [2.45, 2.75) is 19.5 Å². The van der Waals surface area contributed by atoms with Gasteiger partial charge in [-0.1, -0.05) is 18.2 Å². The van der Waals surface area contributed by atoms with Crippen LogP contribution in [0.3, 0.4) is 0 Å².